The summed E-state index contributed by atoms with van der Waals surface area (Å²) < 4.78 is 1.39. The summed E-state index contributed by atoms with van der Waals surface area (Å²) in [4.78, 5) is 18.6. The van der Waals surface area contributed by atoms with Gasteiger partial charge in [-0.1, -0.05) is 0 Å². The Morgan fingerprint density at radius 2 is 1.79 bits per heavy atom. The van der Waals surface area contributed by atoms with Crippen LogP contribution in [0.5, 0.6) is 0 Å². The Labute approximate surface area is 106 Å². The van der Waals surface area contributed by atoms with Crippen molar-refractivity contribution in [2.45, 2.75) is 13.8 Å². The third-order valence-electron chi connectivity index (χ3n) is 1.55. The molecule has 0 aliphatic heterocycles. The summed E-state index contributed by atoms with van der Waals surface area (Å²) in [6.07, 6.45) is 0. The fourth-order valence-corrected chi connectivity index (χ4v) is 1.31. The first-order chi connectivity index (χ1) is 6.22. The minimum atomic E-state index is -3.72. The predicted molar refractivity (Wildman–Crippen MR) is 57.2 cm³/mol. The van der Waals surface area contributed by atoms with Crippen molar-refractivity contribution >= 4 is 33.7 Å². The molecule has 0 saturated heterocycles. The summed E-state index contributed by atoms with van der Waals surface area (Å²) in [6, 6.07) is 6.39. The first-order valence-electron chi connectivity index (χ1n) is 3.68. The van der Waals surface area contributed by atoms with Crippen LogP contribution < -0.4 is 13.7 Å². The van der Waals surface area contributed by atoms with Crippen molar-refractivity contribution < 1.29 is 29.6 Å². The van der Waals surface area contributed by atoms with Crippen LogP contribution in [0.3, 0.4) is 0 Å². The average molecular weight is 328 g/mol. The van der Waals surface area contributed by atoms with Crippen LogP contribution in [0.15, 0.2) is 18.2 Å². The van der Waals surface area contributed by atoms with Gasteiger partial charge in [-0.3, -0.25) is 0 Å². The largest absolute Gasteiger partial charge is 0.850 e. The van der Waals surface area contributed by atoms with Crippen molar-refractivity contribution in [3.05, 3.63) is 29.3 Å². The molecule has 0 fully saturated rings. The third-order valence-corrected chi connectivity index (χ3v) is 2.64. The predicted octanol–water partition coefficient (Wildman–Crippen LogP) is -0.0461. The van der Waals surface area contributed by atoms with E-state index in [2.05, 4.69) is 75.9 Å². The Bertz CT molecular complexity index is 323. The zero-order valence-corrected chi connectivity index (χ0v) is 12.3. The summed E-state index contributed by atoms with van der Waals surface area (Å²) in [6.45, 7) is 4.30. The molecule has 0 heterocycles. The van der Waals surface area contributed by atoms with Gasteiger partial charge in [-0.05, 0) is 0 Å². The molecule has 2 nitrogen and oxygen atoms in total. The Balaban J connectivity index is 0.000000292. The van der Waals surface area contributed by atoms with Gasteiger partial charge in [0.1, 0.15) is 0 Å². The maximum atomic E-state index is 9.29. The van der Waals surface area contributed by atoms with Gasteiger partial charge in [0, 0.05) is 0 Å². The normalized spacial score (nSPS) is 10.3. The second kappa shape index (κ2) is 6.42. The quantitative estimate of drug-likeness (QED) is 0.381. The van der Waals surface area contributed by atoms with E-state index >= 15 is 0 Å². The van der Waals surface area contributed by atoms with Crippen molar-refractivity contribution in [2.75, 3.05) is 0 Å². The minimum absolute atomic E-state index is 1.39. The molecule has 0 saturated carbocycles. The summed E-state index contributed by atoms with van der Waals surface area (Å²) in [7, 11) is 0. The second-order valence-electron chi connectivity index (χ2n) is 2.65. The van der Waals surface area contributed by atoms with Crippen molar-refractivity contribution in [2.24, 2.45) is 0 Å². The van der Waals surface area contributed by atoms with E-state index in [1.807, 2.05) is 0 Å². The monoisotopic (exact) mass is 330 g/mol. The van der Waals surface area contributed by atoms with E-state index in [9.17, 15) is 9.79 Å². The number of hydrogen-bond acceptors (Lipinski definition) is 4. The van der Waals surface area contributed by atoms with Gasteiger partial charge < -0.3 is 27.7 Å². The van der Waals surface area contributed by atoms with Crippen molar-refractivity contribution in [1.29, 1.82) is 0 Å². The van der Waals surface area contributed by atoms with Crippen molar-refractivity contribution in [3.8, 4) is 0 Å². The van der Waals surface area contributed by atoms with E-state index in [0.29, 0.717) is 0 Å². The molecule has 0 radical (unpaired) electrons. The van der Waals surface area contributed by atoms with Crippen LogP contribution >= 0.6 is 5.69 Å². The zero-order valence-electron chi connectivity index (χ0n) is 7.72. The number of aryl methyl sites for hydroxylation is 1. The molecule has 1 aromatic carbocycles. The van der Waals surface area contributed by atoms with Gasteiger partial charge in [0.25, 0.3) is 0 Å². The van der Waals surface area contributed by atoms with Crippen LogP contribution in [0.1, 0.15) is 11.1 Å². The Morgan fingerprint density at radius 1 is 1.36 bits per heavy atom. The van der Waals surface area contributed by atoms with Gasteiger partial charge in [-0.15, -0.1) is 0 Å². The molecule has 0 unspecified atom stereocenters. The molecule has 0 aromatic heterocycles. The molecule has 76 valence electrons. The fraction of sp³-hybridized carbons (Fsp3) is 0.250. The molecule has 14 heavy (non-hydrogen) atoms. The number of rotatable bonds is 0. The Kier molecular flexibility index (Phi) is 6.80. The van der Waals surface area contributed by atoms with Crippen molar-refractivity contribution in [3.63, 3.8) is 0 Å². The molecule has 0 bridgehead atoms. The summed E-state index contributed by atoms with van der Waals surface area (Å²) in [5.74, 6) is 0. The maximum Gasteiger partial charge on any atom is -0.160 e. The van der Waals surface area contributed by atoms with Crippen LogP contribution in [0, 0.1) is 13.8 Å². The second-order valence-corrected chi connectivity index (χ2v) is 8.20. The van der Waals surface area contributed by atoms with Gasteiger partial charge in [0.2, 0.25) is 0 Å². The van der Waals surface area contributed by atoms with Crippen molar-refractivity contribution in [1.82, 2.24) is 0 Å². The Morgan fingerprint density at radius 3 is 2.07 bits per heavy atom. The van der Waals surface area contributed by atoms with E-state index in [-0.39, 0.29) is 0 Å². The molecule has 1 rings (SSSR count). The summed E-state index contributed by atoms with van der Waals surface area (Å²) in [5.41, 5.74) is -0.917. The first-order valence-corrected chi connectivity index (χ1v) is 8.33. The summed E-state index contributed by atoms with van der Waals surface area (Å²) >= 11 is 9.35. The van der Waals surface area contributed by atoms with Gasteiger partial charge in [-0.2, -0.15) is 11.8 Å². The SMILES string of the molecule is Cc1ccc[c]([Mo+3])c1C.[O-]P([O-])(=S)[S-]. The number of hydrogen-bond donors (Lipinski definition) is 0. The van der Waals surface area contributed by atoms with E-state index < -0.39 is 5.69 Å². The van der Waals surface area contributed by atoms with E-state index in [0.717, 1.165) is 0 Å². The fourth-order valence-electron chi connectivity index (χ4n) is 0.724. The van der Waals surface area contributed by atoms with Gasteiger partial charge in [0.15, 0.2) is 0 Å². The van der Waals surface area contributed by atoms with E-state index in [1.165, 1.54) is 15.1 Å². The van der Waals surface area contributed by atoms with Crippen LogP contribution in [0.25, 0.3) is 0 Å². The third kappa shape index (κ3) is 8.16. The first kappa shape index (κ1) is 14.8. The molecule has 0 aliphatic rings. The van der Waals surface area contributed by atoms with E-state index in [4.69, 9.17) is 0 Å². The standard InChI is InChI=1S/C8H9.Mo.H3O2PS2/c1-7-5-3-4-6-8(7)2;;1-3(2,4)5/h3-5H,1-2H3;;(H3,1,2,4,5)/q;+3;/p-3. The van der Waals surface area contributed by atoms with Crippen LogP contribution in [-0.4, -0.2) is 0 Å². The molecule has 0 spiro atoms. The van der Waals surface area contributed by atoms with E-state index in [1.54, 1.807) is 0 Å². The maximum absolute atomic E-state index is 9.29. The minimum Gasteiger partial charge on any atom is -0.850 e. The van der Waals surface area contributed by atoms with Crippen LogP contribution in [0.4, 0.5) is 0 Å². The summed E-state index contributed by atoms with van der Waals surface area (Å²) in [5, 5.41) is 0. The Hall–Kier alpha value is 0.828. The molecular weight excluding hydrogens is 319 g/mol. The molecule has 1 aromatic rings. The zero-order chi connectivity index (χ0) is 11.4. The molecule has 6 heteroatoms. The van der Waals surface area contributed by atoms with Gasteiger partial charge >= 0.3 is 66.9 Å². The number of benzene rings is 1. The molecule has 0 atom stereocenters. The average Bonchev–Trinajstić information content (AvgIpc) is 1.97. The topological polar surface area (TPSA) is 46.1 Å². The van der Waals surface area contributed by atoms with Crippen LogP contribution in [-0.2, 0) is 43.9 Å². The molecule has 0 aliphatic carbocycles. The van der Waals surface area contributed by atoms with Gasteiger partial charge in [0.05, 0.1) is 0 Å². The van der Waals surface area contributed by atoms with Gasteiger partial charge in [-0.25, -0.2) is 0 Å². The van der Waals surface area contributed by atoms with Crippen LogP contribution in [0.2, 0.25) is 0 Å². The smallest absolute Gasteiger partial charge is 0.160 e. The molecule has 0 amide bonds. The molecular formula is C8H9MoO2PS2. The molecule has 0 N–H and O–H groups in total.